The Morgan fingerprint density at radius 3 is 2.42 bits per heavy atom. The van der Waals surface area contributed by atoms with E-state index in [4.69, 9.17) is 33.7 Å². The molecule has 2 aromatic rings. The number of nitrogens with two attached hydrogens (primary N) is 1. The Kier molecular flexibility index (Phi) is 5.41. The van der Waals surface area contributed by atoms with Crippen LogP contribution in [0.25, 0.3) is 0 Å². The van der Waals surface area contributed by atoms with Crippen LogP contribution in [0.15, 0.2) is 18.2 Å². The second-order valence-corrected chi connectivity index (χ2v) is 6.20. The molecule has 24 heavy (non-hydrogen) atoms. The molecule has 0 fully saturated rings. The zero-order valence-corrected chi connectivity index (χ0v) is 14.9. The average molecular weight is 370 g/mol. The Morgan fingerprint density at radius 2 is 1.92 bits per heavy atom. The number of ether oxygens (including phenoxy) is 1. The topological polar surface area (TPSA) is 97.2 Å². The number of carbonyl (C=O) groups is 2. The van der Waals surface area contributed by atoms with Gasteiger partial charge in [-0.25, -0.2) is 0 Å². The van der Waals surface area contributed by atoms with Crippen molar-refractivity contribution in [3.8, 4) is 5.75 Å². The van der Waals surface area contributed by atoms with E-state index in [1.807, 2.05) is 13.8 Å². The number of carbonyl (C=O) groups excluding carboxylic acids is 2. The molecule has 0 atom stereocenters. The van der Waals surface area contributed by atoms with Crippen LogP contribution in [0.1, 0.15) is 40.4 Å². The first-order valence-corrected chi connectivity index (χ1v) is 7.91. The maximum atomic E-state index is 12.4. The maximum absolute atomic E-state index is 12.4. The number of aromatic nitrogens is 1. The molecule has 8 heteroatoms. The van der Waals surface area contributed by atoms with Gasteiger partial charge in [0.1, 0.15) is 11.4 Å². The molecule has 0 unspecified atom stereocenters. The molecule has 1 aromatic carbocycles. The first kappa shape index (κ1) is 18.2. The lowest BCUT2D eigenvalue weighted by Crippen LogP contribution is -2.17. The van der Waals surface area contributed by atoms with Crippen LogP contribution < -0.4 is 15.8 Å². The molecule has 0 aliphatic rings. The number of rotatable bonds is 5. The average Bonchev–Trinajstić information content (AvgIpc) is 2.76. The summed E-state index contributed by atoms with van der Waals surface area (Å²) in [6.07, 6.45) is -0.158. The minimum atomic E-state index is -0.587. The van der Waals surface area contributed by atoms with Crippen molar-refractivity contribution in [3.05, 3.63) is 45.2 Å². The van der Waals surface area contributed by atoms with E-state index in [1.54, 1.807) is 13.0 Å². The first-order valence-electron chi connectivity index (χ1n) is 7.16. The lowest BCUT2D eigenvalue weighted by molar-refractivity contribution is 0.0997. The third-order valence-corrected chi connectivity index (χ3v) is 4.11. The van der Waals surface area contributed by atoms with E-state index in [2.05, 4.69) is 10.3 Å². The van der Waals surface area contributed by atoms with Gasteiger partial charge in [0.05, 0.1) is 21.8 Å². The highest BCUT2D eigenvalue weighted by Gasteiger charge is 2.20. The van der Waals surface area contributed by atoms with Crippen LogP contribution in [0.4, 0.5) is 5.69 Å². The van der Waals surface area contributed by atoms with Crippen LogP contribution in [-0.2, 0) is 0 Å². The van der Waals surface area contributed by atoms with E-state index in [9.17, 15) is 9.59 Å². The van der Waals surface area contributed by atoms with Gasteiger partial charge in [0, 0.05) is 11.3 Å². The standard InChI is InChI=1S/C16H17Cl2N3O3/c1-7(2)24-11-6-9(15(19)22)4-5-10(11)21-16(23)14-13(18)12(17)8(3)20-14/h4-7,20H,1-3H3,(H2,19,22)(H,21,23). The monoisotopic (exact) mass is 369 g/mol. The van der Waals surface area contributed by atoms with E-state index in [1.165, 1.54) is 12.1 Å². The summed E-state index contributed by atoms with van der Waals surface area (Å²) in [5, 5.41) is 3.13. The second kappa shape index (κ2) is 7.15. The molecule has 2 rings (SSSR count). The van der Waals surface area contributed by atoms with Gasteiger partial charge in [0.2, 0.25) is 5.91 Å². The van der Waals surface area contributed by atoms with E-state index >= 15 is 0 Å². The number of H-pyrrole nitrogens is 1. The molecule has 128 valence electrons. The van der Waals surface area contributed by atoms with Crippen LogP contribution >= 0.6 is 23.2 Å². The number of aryl methyl sites for hydroxylation is 1. The van der Waals surface area contributed by atoms with E-state index < -0.39 is 11.8 Å². The Morgan fingerprint density at radius 1 is 1.25 bits per heavy atom. The summed E-state index contributed by atoms with van der Waals surface area (Å²) in [5.74, 6) is -0.730. The van der Waals surface area contributed by atoms with Gasteiger partial charge in [-0.2, -0.15) is 0 Å². The molecular formula is C16H17Cl2N3O3. The normalized spacial score (nSPS) is 10.8. The van der Waals surface area contributed by atoms with Gasteiger partial charge in [0.25, 0.3) is 5.91 Å². The highest BCUT2D eigenvalue weighted by molar-refractivity contribution is 6.44. The molecule has 6 nitrogen and oxygen atoms in total. The van der Waals surface area contributed by atoms with Gasteiger partial charge in [-0.3, -0.25) is 9.59 Å². The van der Waals surface area contributed by atoms with Crippen molar-refractivity contribution in [2.24, 2.45) is 5.73 Å². The fraction of sp³-hybridized carbons (Fsp3) is 0.250. The molecule has 1 heterocycles. The smallest absolute Gasteiger partial charge is 0.273 e. The van der Waals surface area contributed by atoms with Gasteiger partial charge in [-0.05, 0) is 39.0 Å². The van der Waals surface area contributed by atoms with E-state index in [0.717, 1.165) is 0 Å². The van der Waals surface area contributed by atoms with Crippen LogP contribution in [-0.4, -0.2) is 22.9 Å². The van der Waals surface area contributed by atoms with Gasteiger partial charge in [-0.15, -0.1) is 0 Å². The largest absolute Gasteiger partial charge is 0.489 e. The summed E-state index contributed by atoms with van der Waals surface area (Å²) in [4.78, 5) is 26.6. The fourth-order valence-electron chi connectivity index (χ4n) is 2.04. The molecule has 0 saturated heterocycles. The van der Waals surface area contributed by atoms with Crippen molar-refractivity contribution in [1.29, 1.82) is 0 Å². The van der Waals surface area contributed by atoms with Crippen molar-refractivity contribution >= 4 is 40.7 Å². The Labute approximate surface area is 149 Å². The molecule has 0 aliphatic carbocycles. The molecule has 2 amide bonds. The number of amides is 2. The lowest BCUT2D eigenvalue weighted by atomic mass is 10.1. The van der Waals surface area contributed by atoms with Gasteiger partial charge < -0.3 is 20.8 Å². The second-order valence-electron chi connectivity index (χ2n) is 5.45. The third kappa shape index (κ3) is 3.83. The highest BCUT2D eigenvalue weighted by Crippen LogP contribution is 2.31. The molecule has 0 aliphatic heterocycles. The van der Waals surface area contributed by atoms with Crippen LogP contribution in [0.5, 0.6) is 5.75 Å². The van der Waals surface area contributed by atoms with Crippen LogP contribution in [0.2, 0.25) is 10.0 Å². The van der Waals surface area contributed by atoms with Crippen molar-refractivity contribution < 1.29 is 14.3 Å². The number of benzene rings is 1. The minimum Gasteiger partial charge on any atom is -0.489 e. The molecule has 0 saturated carbocycles. The Balaban J connectivity index is 2.35. The summed E-state index contributed by atoms with van der Waals surface area (Å²) < 4.78 is 5.64. The zero-order chi connectivity index (χ0) is 18.0. The van der Waals surface area contributed by atoms with E-state index in [0.29, 0.717) is 22.2 Å². The third-order valence-electron chi connectivity index (χ3n) is 3.16. The van der Waals surface area contributed by atoms with E-state index in [-0.39, 0.29) is 22.4 Å². The molecule has 1 aromatic heterocycles. The van der Waals surface area contributed by atoms with Crippen molar-refractivity contribution in [1.82, 2.24) is 4.98 Å². The summed E-state index contributed by atoms with van der Waals surface area (Å²) in [7, 11) is 0. The minimum absolute atomic E-state index is 0.145. The summed E-state index contributed by atoms with van der Waals surface area (Å²) >= 11 is 12.0. The maximum Gasteiger partial charge on any atom is 0.273 e. The summed E-state index contributed by atoms with van der Waals surface area (Å²) in [5.41, 5.74) is 6.68. The number of aromatic amines is 1. The summed E-state index contributed by atoms with van der Waals surface area (Å²) in [6.45, 7) is 5.36. The number of nitrogens with one attached hydrogen (secondary N) is 2. The van der Waals surface area contributed by atoms with Crippen molar-refractivity contribution in [2.75, 3.05) is 5.32 Å². The van der Waals surface area contributed by atoms with Crippen molar-refractivity contribution in [2.45, 2.75) is 26.9 Å². The molecule has 0 bridgehead atoms. The number of anilines is 1. The molecule has 0 spiro atoms. The number of hydrogen-bond acceptors (Lipinski definition) is 3. The number of hydrogen-bond donors (Lipinski definition) is 3. The molecule has 4 N–H and O–H groups in total. The molecular weight excluding hydrogens is 353 g/mol. The Hall–Kier alpha value is -2.18. The molecule has 0 radical (unpaired) electrons. The predicted molar refractivity (Wildman–Crippen MR) is 94.2 cm³/mol. The SMILES string of the molecule is Cc1[nH]c(C(=O)Nc2ccc(C(N)=O)cc2OC(C)C)c(Cl)c1Cl. The van der Waals surface area contributed by atoms with Crippen LogP contribution in [0.3, 0.4) is 0 Å². The lowest BCUT2D eigenvalue weighted by Gasteiger charge is -2.15. The van der Waals surface area contributed by atoms with Gasteiger partial charge in [0.15, 0.2) is 0 Å². The first-order chi connectivity index (χ1) is 11.2. The van der Waals surface area contributed by atoms with Gasteiger partial charge in [-0.1, -0.05) is 23.2 Å². The zero-order valence-electron chi connectivity index (χ0n) is 13.4. The van der Waals surface area contributed by atoms with Crippen molar-refractivity contribution in [3.63, 3.8) is 0 Å². The Bertz CT molecular complexity index is 800. The fourth-order valence-corrected chi connectivity index (χ4v) is 2.46. The summed E-state index contributed by atoms with van der Waals surface area (Å²) in [6, 6.07) is 4.52. The number of halogens is 2. The highest BCUT2D eigenvalue weighted by atomic mass is 35.5. The quantitative estimate of drug-likeness (QED) is 0.747. The number of primary amides is 1. The predicted octanol–water partition coefficient (Wildman–Crippen LogP) is 3.77. The van der Waals surface area contributed by atoms with Gasteiger partial charge >= 0.3 is 0 Å². The van der Waals surface area contributed by atoms with Crippen LogP contribution in [0, 0.1) is 6.92 Å².